The number of aromatic hydroxyl groups is 1. The summed E-state index contributed by atoms with van der Waals surface area (Å²) in [7, 11) is -1.90. The lowest BCUT2D eigenvalue weighted by atomic mass is 10.3. The monoisotopic (exact) mass is 296 g/mol. The number of rotatable bonds is 4. The molecule has 20 heavy (non-hydrogen) atoms. The Balaban J connectivity index is 2.19. The van der Waals surface area contributed by atoms with Crippen LogP contribution in [0.2, 0.25) is 0 Å². The lowest BCUT2D eigenvalue weighted by Gasteiger charge is -2.08. The van der Waals surface area contributed by atoms with Gasteiger partial charge in [0.05, 0.1) is 16.8 Å². The smallest absolute Gasteiger partial charge is 0.240 e. The summed E-state index contributed by atoms with van der Waals surface area (Å²) in [5, 5.41) is 13.3. The minimum atomic E-state index is -3.68. The highest BCUT2D eigenvalue weighted by Crippen LogP contribution is 2.23. The molecule has 0 aliphatic rings. The van der Waals surface area contributed by atoms with Crippen LogP contribution in [-0.4, -0.2) is 23.3 Å². The second-order valence-corrected chi connectivity index (χ2v) is 6.19. The van der Waals surface area contributed by atoms with Crippen molar-refractivity contribution in [3.8, 4) is 5.75 Å². The molecule has 0 saturated heterocycles. The highest BCUT2D eigenvalue weighted by atomic mass is 32.2. The van der Waals surface area contributed by atoms with Gasteiger partial charge in [-0.3, -0.25) is 4.68 Å². The summed E-state index contributed by atoms with van der Waals surface area (Å²) in [6.07, 6.45) is 1.61. The van der Waals surface area contributed by atoms with Gasteiger partial charge in [0.2, 0.25) is 10.0 Å². The molecule has 0 saturated carbocycles. The van der Waals surface area contributed by atoms with Gasteiger partial charge in [-0.15, -0.1) is 0 Å². The molecule has 1 aromatic carbocycles. The number of hydrogen-bond acceptors (Lipinski definition) is 5. The first kappa shape index (κ1) is 14.4. The first-order valence-electron chi connectivity index (χ1n) is 5.87. The predicted octanol–water partition coefficient (Wildman–Crippen LogP) is 0.495. The van der Waals surface area contributed by atoms with Crippen LogP contribution in [0.1, 0.15) is 11.3 Å². The van der Waals surface area contributed by atoms with E-state index in [1.165, 1.54) is 18.2 Å². The Morgan fingerprint density at radius 1 is 1.45 bits per heavy atom. The highest BCUT2D eigenvalue weighted by molar-refractivity contribution is 7.89. The fourth-order valence-electron chi connectivity index (χ4n) is 1.67. The number of hydrogen-bond donors (Lipinski definition) is 3. The summed E-state index contributed by atoms with van der Waals surface area (Å²) in [6, 6.07) is 3.76. The van der Waals surface area contributed by atoms with Crippen LogP contribution < -0.4 is 10.5 Å². The van der Waals surface area contributed by atoms with Crippen LogP contribution in [0.15, 0.2) is 29.3 Å². The Hall–Kier alpha value is -2.06. The molecule has 0 atom stereocenters. The van der Waals surface area contributed by atoms with Crippen molar-refractivity contribution < 1.29 is 13.5 Å². The second kappa shape index (κ2) is 5.14. The second-order valence-electron chi connectivity index (χ2n) is 4.42. The van der Waals surface area contributed by atoms with Crippen molar-refractivity contribution in [1.29, 1.82) is 0 Å². The molecule has 7 nitrogen and oxygen atoms in total. The number of phenolic OH excluding ortho intramolecular Hbond substituents is 1. The fourth-order valence-corrected chi connectivity index (χ4v) is 2.72. The maximum Gasteiger partial charge on any atom is 0.240 e. The Morgan fingerprint density at radius 2 is 2.15 bits per heavy atom. The minimum Gasteiger partial charge on any atom is -0.506 e. The molecule has 108 valence electrons. The van der Waals surface area contributed by atoms with E-state index in [4.69, 9.17) is 5.73 Å². The SMILES string of the molecule is Cc1c(CNS(=O)(=O)c2ccc(O)c(N)c2)cnn1C. The van der Waals surface area contributed by atoms with Gasteiger partial charge < -0.3 is 10.8 Å². The van der Waals surface area contributed by atoms with Crippen molar-refractivity contribution in [1.82, 2.24) is 14.5 Å². The number of phenols is 1. The molecule has 0 aliphatic heterocycles. The van der Waals surface area contributed by atoms with Gasteiger partial charge in [0, 0.05) is 24.8 Å². The molecular weight excluding hydrogens is 280 g/mol. The number of benzene rings is 1. The Kier molecular flexibility index (Phi) is 3.69. The van der Waals surface area contributed by atoms with Crippen molar-refractivity contribution in [2.45, 2.75) is 18.4 Å². The first-order chi connectivity index (χ1) is 9.31. The summed E-state index contributed by atoms with van der Waals surface area (Å²) in [5.41, 5.74) is 7.20. The van der Waals surface area contributed by atoms with Crippen LogP contribution in [0.25, 0.3) is 0 Å². The largest absolute Gasteiger partial charge is 0.506 e. The van der Waals surface area contributed by atoms with Crippen LogP contribution >= 0.6 is 0 Å². The summed E-state index contributed by atoms with van der Waals surface area (Å²) in [4.78, 5) is 0.00865. The van der Waals surface area contributed by atoms with Crippen molar-refractivity contribution in [3.63, 3.8) is 0 Å². The first-order valence-corrected chi connectivity index (χ1v) is 7.35. The number of nitrogen functional groups attached to an aromatic ring is 1. The molecule has 1 heterocycles. The molecular formula is C12H16N4O3S. The molecule has 0 spiro atoms. The lowest BCUT2D eigenvalue weighted by Crippen LogP contribution is -2.23. The van der Waals surface area contributed by atoms with Crippen LogP contribution in [0.4, 0.5) is 5.69 Å². The van der Waals surface area contributed by atoms with Gasteiger partial charge in [-0.2, -0.15) is 5.10 Å². The average molecular weight is 296 g/mol. The quantitative estimate of drug-likeness (QED) is 0.562. The zero-order valence-corrected chi connectivity index (χ0v) is 12.0. The van der Waals surface area contributed by atoms with E-state index in [1.807, 2.05) is 6.92 Å². The summed E-state index contributed by atoms with van der Waals surface area (Å²) >= 11 is 0. The average Bonchev–Trinajstić information content (AvgIpc) is 2.71. The molecule has 0 bridgehead atoms. The van der Waals surface area contributed by atoms with Crippen LogP contribution in [-0.2, 0) is 23.6 Å². The molecule has 0 radical (unpaired) electrons. The molecule has 2 rings (SSSR count). The van der Waals surface area contributed by atoms with Crippen molar-refractivity contribution in [2.75, 3.05) is 5.73 Å². The third-order valence-corrected chi connectivity index (χ3v) is 4.50. The van der Waals surface area contributed by atoms with E-state index in [1.54, 1.807) is 17.9 Å². The van der Waals surface area contributed by atoms with Gasteiger partial charge >= 0.3 is 0 Å². The van der Waals surface area contributed by atoms with Crippen molar-refractivity contribution in [2.24, 2.45) is 7.05 Å². The maximum absolute atomic E-state index is 12.1. The van der Waals surface area contributed by atoms with Crippen molar-refractivity contribution >= 4 is 15.7 Å². The lowest BCUT2D eigenvalue weighted by molar-refractivity contribution is 0.477. The number of anilines is 1. The zero-order chi connectivity index (χ0) is 14.9. The Labute approximate surface area is 117 Å². The maximum atomic E-state index is 12.1. The summed E-state index contributed by atoms with van der Waals surface area (Å²) in [5.74, 6) is -0.146. The summed E-state index contributed by atoms with van der Waals surface area (Å²) < 4.78 is 28.4. The van der Waals surface area contributed by atoms with Gasteiger partial charge in [-0.25, -0.2) is 13.1 Å². The standard InChI is InChI=1S/C12H16N4O3S/c1-8-9(6-14-16(8)2)7-15-20(18,19)10-3-4-12(17)11(13)5-10/h3-6,15,17H,7,13H2,1-2H3. The molecule has 4 N–H and O–H groups in total. The third kappa shape index (κ3) is 2.75. The zero-order valence-electron chi connectivity index (χ0n) is 11.2. The molecule has 2 aromatic rings. The summed E-state index contributed by atoms with van der Waals surface area (Å²) in [6.45, 7) is 2.00. The fraction of sp³-hybridized carbons (Fsp3) is 0.250. The van der Waals surface area contributed by atoms with Crippen LogP contribution in [0, 0.1) is 6.92 Å². The van der Waals surface area contributed by atoms with E-state index in [-0.39, 0.29) is 22.9 Å². The van der Waals surface area contributed by atoms with Gasteiger partial charge in [0.25, 0.3) is 0 Å². The number of sulfonamides is 1. The molecule has 0 unspecified atom stereocenters. The van der Waals surface area contributed by atoms with Gasteiger partial charge in [0.1, 0.15) is 5.75 Å². The molecule has 0 fully saturated rings. The number of aryl methyl sites for hydroxylation is 1. The highest BCUT2D eigenvalue weighted by Gasteiger charge is 2.16. The predicted molar refractivity (Wildman–Crippen MR) is 74.5 cm³/mol. The van der Waals surface area contributed by atoms with E-state index in [9.17, 15) is 13.5 Å². The topological polar surface area (TPSA) is 110 Å². The van der Waals surface area contributed by atoms with E-state index in [0.29, 0.717) is 0 Å². The number of nitrogens with zero attached hydrogens (tertiary/aromatic N) is 2. The Morgan fingerprint density at radius 3 is 2.70 bits per heavy atom. The van der Waals surface area contributed by atoms with E-state index < -0.39 is 10.0 Å². The van der Waals surface area contributed by atoms with Crippen LogP contribution in [0.3, 0.4) is 0 Å². The Bertz CT molecular complexity index is 737. The molecule has 1 aromatic heterocycles. The van der Waals surface area contributed by atoms with E-state index >= 15 is 0 Å². The van der Waals surface area contributed by atoms with Crippen LogP contribution in [0.5, 0.6) is 5.75 Å². The minimum absolute atomic E-state index is 0.00865. The number of nitrogens with two attached hydrogens (primary N) is 1. The van der Waals surface area contributed by atoms with Crippen molar-refractivity contribution in [3.05, 3.63) is 35.7 Å². The van der Waals surface area contributed by atoms with Gasteiger partial charge in [-0.05, 0) is 25.1 Å². The van der Waals surface area contributed by atoms with Gasteiger partial charge in [0.15, 0.2) is 0 Å². The number of nitrogens with one attached hydrogen (secondary N) is 1. The molecule has 0 amide bonds. The number of aromatic nitrogens is 2. The molecule has 8 heteroatoms. The molecule has 0 aliphatic carbocycles. The van der Waals surface area contributed by atoms with E-state index in [0.717, 1.165) is 11.3 Å². The van der Waals surface area contributed by atoms with E-state index in [2.05, 4.69) is 9.82 Å². The normalized spacial score (nSPS) is 11.7. The third-order valence-electron chi connectivity index (χ3n) is 3.10. The van der Waals surface area contributed by atoms with Gasteiger partial charge in [-0.1, -0.05) is 0 Å².